The SMILES string of the molecule is CC.NCCS.O=C(O)CCCC[C@@H]1CCSS1. The van der Waals surface area contributed by atoms with Gasteiger partial charge in [0.15, 0.2) is 0 Å². The van der Waals surface area contributed by atoms with Crippen molar-refractivity contribution in [1.29, 1.82) is 0 Å². The van der Waals surface area contributed by atoms with Crippen molar-refractivity contribution in [3.63, 3.8) is 0 Å². The minimum atomic E-state index is -0.663. The molecule has 1 aliphatic heterocycles. The third-order valence-corrected chi connectivity index (χ3v) is 5.29. The van der Waals surface area contributed by atoms with Crippen molar-refractivity contribution < 1.29 is 9.90 Å². The summed E-state index contributed by atoms with van der Waals surface area (Å²) in [5, 5.41) is 9.19. The van der Waals surface area contributed by atoms with Crippen LogP contribution in [0.3, 0.4) is 0 Å². The maximum atomic E-state index is 10.2. The summed E-state index contributed by atoms with van der Waals surface area (Å²) in [6, 6.07) is 0. The topological polar surface area (TPSA) is 63.3 Å². The number of carboxylic acids is 1. The maximum Gasteiger partial charge on any atom is 0.303 e. The first-order valence-corrected chi connectivity index (χ1v) is 9.53. The minimum Gasteiger partial charge on any atom is -0.481 e. The van der Waals surface area contributed by atoms with Crippen LogP contribution in [-0.4, -0.2) is 34.4 Å². The highest BCUT2D eigenvalue weighted by atomic mass is 33.1. The van der Waals surface area contributed by atoms with Crippen molar-refractivity contribution in [3.8, 4) is 0 Å². The minimum absolute atomic E-state index is 0.338. The second kappa shape index (κ2) is 17.5. The van der Waals surface area contributed by atoms with Gasteiger partial charge >= 0.3 is 5.97 Å². The average Bonchev–Trinajstić information content (AvgIpc) is 2.90. The number of rotatable bonds is 6. The van der Waals surface area contributed by atoms with Gasteiger partial charge in [-0.2, -0.15) is 12.6 Å². The lowest BCUT2D eigenvalue weighted by molar-refractivity contribution is -0.137. The molecule has 0 saturated carbocycles. The lowest BCUT2D eigenvalue weighted by atomic mass is 10.1. The van der Waals surface area contributed by atoms with Gasteiger partial charge in [0.05, 0.1) is 0 Å². The molecule has 1 aliphatic rings. The van der Waals surface area contributed by atoms with Crippen LogP contribution >= 0.6 is 34.2 Å². The highest BCUT2D eigenvalue weighted by Crippen LogP contribution is 2.39. The van der Waals surface area contributed by atoms with E-state index in [0.29, 0.717) is 13.0 Å². The first-order chi connectivity index (χ1) is 8.70. The third kappa shape index (κ3) is 16.5. The summed E-state index contributed by atoms with van der Waals surface area (Å²) in [5.41, 5.74) is 4.95. The highest BCUT2D eigenvalue weighted by molar-refractivity contribution is 8.77. The normalized spacial score (nSPS) is 17.2. The van der Waals surface area contributed by atoms with Gasteiger partial charge in [-0.1, -0.05) is 41.9 Å². The molecule has 0 aromatic heterocycles. The largest absolute Gasteiger partial charge is 0.481 e. The average molecular weight is 314 g/mol. The Morgan fingerprint density at radius 3 is 2.44 bits per heavy atom. The molecular formula is C12H27NO2S3. The Balaban J connectivity index is 0. The van der Waals surface area contributed by atoms with Crippen molar-refractivity contribution in [3.05, 3.63) is 0 Å². The molecule has 1 rings (SSSR count). The zero-order chi connectivity index (χ0) is 14.2. The zero-order valence-corrected chi connectivity index (χ0v) is 14.0. The molecule has 0 aliphatic carbocycles. The van der Waals surface area contributed by atoms with E-state index in [1.54, 1.807) is 0 Å². The molecule has 6 heteroatoms. The van der Waals surface area contributed by atoms with Crippen molar-refractivity contribution in [2.24, 2.45) is 5.73 Å². The van der Waals surface area contributed by atoms with Crippen LogP contribution in [-0.2, 0) is 4.79 Å². The smallest absolute Gasteiger partial charge is 0.303 e. The number of aliphatic carboxylic acids is 1. The van der Waals surface area contributed by atoms with Gasteiger partial charge in [0.25, 0.3) is 0 Å². The molecule has 0 aromatic carbocycles. The summed E-state index contributed by atoms with van der Waals surface area (Å²) in [5.74, 6) is 1.40. The van der Waals surface area contributed by atoms with Gasteiger partial charge in [-0.25, -0.2) is 0 Å². The van der Waals surface area contributed by atoms with Crippen LogP contribution in [0, 0.1) is 0 Å². The molecule has 3 N–H and O–H groups in total. The van der Waals surface area contributed by atoms with E-state index in [1.165, 1.54) is 18.6 Å². The fourth-order valence-corrected chi connectivity index (χ4v) is 4.24. The number of hydrogen-bond donors (Lipinski definition) is 3. The summed E-state index contributed by atoms with van der Waals surface area (Å²) < 4.78 is 0. The van der Waals surface area contributed by atoms with Crippen LogP contribution in [0.5, 0.6) is 0 Å². The van der Waals surface area contributed by atoms with E-state index < -0.39 is 5.97 Å². The van der Waals surface area contributed by atoms with E-state index in [1.807, 2.05) is 35.4 Å². The summed E-state index contributed by atoms with van der Waals surface area (Å²) in [6.07, 6.45) is 4.76. The molecule has 0 unspecified atom stereocenters. The van der Waals surface area contributed by atoms with E-state index in [4.69, 9.17) is 10.8 Å². The number of thiol groups is 1. The molecule has 1 saturated heterocycles. The van der Waals surface area contributed by atoms with E-state index in [9.17, 15) is 4.79 Å². The van der Waals surface area contributed by atoms with Gasteiger partial charge in [-0.05, 0) is 19.3 Å². The Morgan fingerprint density at radius 1 is 1.44 bits per heavy atom. The second-order valence-electron chi connectivity index (χ2n) is 3.48. The standard InChI is InChI=1S/C8H14O2S2.C2H7NS.C2H6/c9-8(10)4-2-1-3-7-5-6-11-12-7;3-1-2-4;1-2/h7H,1-6H2,(H,9,10);4H,1-3H2;1-2H3/t7-;;/m1../s1. The predicted octanol–water partition coefficient (Wildman–Crippen LogP) is 3.69. The van der Waals surface area contributed by atoms with Crippen LogP contribution in [0.4, 0.5) is 0 Å². The van der Waals surface area contributed by atoms with Crippen LogP contribution in [0.25, 0.3) is 0 Å². The summed E-state index contributed by atoms with van der Waals surface area (Å²) in [4.78, 5) is 10.2. The number of unbranched alkanes of at least 4 members (excludes halogenated alkanes) is 1. The van der Waals surface area contributed by atoms with E-state index in [2.05, 4.69) is 12.6 Å². The molecule has 3 nitrogen and oxygen atoms in total. The van der Waals surface area contributed by atoms with Crippen LogP contribution in [0.2, 0.25) is 0 Å². The van der Waals surface area contributed by atoms with E-state index in [0.717, 1.165) is 23.8 Å². The lowest BCUT2D eigenvalue weighted by Gasteiger charge is -2.04. The molecule has 110 valence electrons. The third-order valence-electron chi connectivity index (χ3n) is 2.02. The Bertz CT molecular complexity index is 175. The molecule has 0 aromatic rings. The van der Waals surface area contributed by atoms with Gasteiger partial charge in [0.1, 0.15) is 0 Å². The molecule has 0 amide bonds. The molecule has 0 bridgehead atoms. The first-order valence-electron chi connectivity index (χ1n) is 6.51. The second-order valence-corrected chi connectivity index (χ2v) is 6.72. The summed E-state index contributed by atoms with van der Waals surface area (Å²) in [6.45, 7) is 4.68. The molecule has 18 heavy (non-hydrogen) atoms. The molecule has 0 radical (unpaired) electrons. The Kier molecular flexibility index (Phi) is 20.2. The Hall–Kier alpha value is 0.480. The Morgan fingerprint density at radius 2 is 2.06 bits per heavy atom. The molecular weight excluding hydrogens is 286 g/mol. The fourth-order valence-electron chi connectivity index (χ4n) is 1.21. The van der Waals surface area contributed by atoms with Crippen LogP contribution in [0.1, 0.15) is 46.0 Å². The number of carbonyl (C=O) groups is 1. The molecule has 0 spiro atoms. The summed E-state index contributed by atoms with van der Waals surface area (Å²) in [7, 11) is 3.92. The first kappa shape index (κ1) is 20.8. The van der Waals surface area contributed by atoms with Crippen LogP contribution in [0.15, 0.2) is 0 Å². The van der Waals surface area contributed by atoms with Crippen molar-refractivity contribution in [2.75, 3.05) is 18.1 Å². The van der Waals surface area contributed by atoms with Crippen LogP contribution < -0.4 is 5.73 Å². The fraction of sp³-hybridized carbons (Fsp3) is 0.917. The van der Waals surface area contributed by atoms with Crippen molar-refractivity contribution in [1.82, 2.24) is 0 Å². The quantitative estimate of drug-likeness (QED) is 0.396. The number of carboxylic acid groups (broad SMARTS) is 1. The lowest BCUT2D eigenvalue weighted by Crippen LogP contribution is -1.99. The van der Waals surface area contributed by atoms with Gasteiger partial charge in [-0.3, -0.25) is 4.79 Å². The van der Waals surface area contributed by atoms with Gasteiger partial charge < -0.3 is 10.8 Å². The molecule has 1 fully saturated rings. The van der Waals surface area contributed by atoms with Gasteiger partial charge in [0.2, 0.25) is 0 Å². The van der Waals surface area contributed by atoms with E-state index >= 15 is 0 Å². The maximum absolute atomic E-state index is 10.2. The zero-order valence-electron chi connectivity index (χ0n) is 11.4. The predicted molar refractivity (Wildman–Crippen MR) is 88.8 cm³/mol. The number of nitrogens with two attached hydrogens (primary N) is 1. The Labute approximate surface area is 125 Å². The van der Waals surface area contributed by atoms with E-state index in [-0.39, 0.29) is 0 Å². The van der Waals surface area contributed by atoms with Crippen molar-refractivity contribution >= 4 is 40.2 Å². The van der Waals surface area contributed by atoms with Gasteiger partial charge in [-0.15, -0.1) is 0 Å². The molecule has 1 atom stereocenters. The van der Waals surface area contributed by atoms with Crippen molar-refractivity contribution in [2.45, 2.75) is 51.2 Å². The number of hydrogen-bond acceptors (Lipinski definition) is 5. The highest BCUT2D eigenvalue weighted by Gasteiger charge is 2.15. The summed E-state index contributed by atoms with van der Waals surface area (Å²) >= 11 is 3.80. The monoisotopic (exact) mass is 313 g/mol. The molecule has 1 heterocycles. The van der Waals surface area contributed by atoms with Gasteiger partial charge in [0, 0.05) is 29.7 Å².